The highest BCUT2D eigenvalue weighted by molar-refractivity contribution is 5.82. The summed E-state index contributed by atoms with van der Waals surface area (Å²) in [5.41, 5.74) is 2.57. The summed E-state index contributed by atoms with van der Waals surface area (Å²) >= 11 is 0. The zero-order chi connectivity index (χ0) is 13.8. The third-order valence-electron chi connectivity index (χ3n) is 3.96. The molecule has 4 nitrogen and oxygen atoms in total. The number of benzene rings is 1. The van der Waals surface area contributed by atoms with Gasteiger partial charge in [-0.2, -0.15) is 0 Å². The number of morpholine rings is 1. The number of fused-ring (bicyclic) bond motifs is 1. The van der Waals surface area contributed by atoms with Crippen molar-refractivity contribution in [1.82, 2.24) is 15.2 Å². The van der Waals surface area contributed by atoms with Gasteiger partial charge in [-0.25, -0.2) is 0 Å². The fourth-order valence-electron chi connectivity index (χ4n) is 2.82. The Bertz CT molecular complexity index is 545. The molecule has 1 atom stereocenters. The molecule has 0 bridgehead atoms. The Kier molecular flexibility index (Phi) is 4.35. The van der Waals surface area contributed by atoms with Crippen LogP contribution < -0.4 is 5.32 Å². The zero-order valence-electron chi connectivity index (χ0n) is 12.1. The Balaban J connectivity index is 1.54. The van der Waals surface area contributed by atoms with Crippen molar-refractivity contribution in [2.75, 3.05) is 32.8 Å². The minimum absolute atomic E-state index is 0.488. The molecule has 0 amide bonds. The van der Waals surface area contributed by atoms with E-state index in [9.17, 15) is 0 Å². The van der Waals surface area contributed by atoms with Crippen LogP contribution in [-0.4, -0.2) is 48.8 Å². The summed E-state index contributed by atoms with van der Waals surface area (Å²) in [5, 5.41) is 4.95. The third-order valence-corrected chi connectivity index (χ3v) is 3.96. The van der Waals surface area contributed by atoms with E-state index in [0.717, 1.165) is 39.4 Å². The van der Waals surface area contributed by atoms with Crippen LogP contribution in [-0.2, 0) is 11.3 Å². The summed E-state index contributed by atoms with van der Waals surface area (Å²) in [4.78, 5) is 5.73. The van der Waals surface area contributed by atoms with Gasteiger partial charge in [0.25, 0.3) is 0 Å². The van der Waals surface area contributed by atoms with Crippen molar-refractivity contribution >= 4 is 10.9 Å². The Morgan fingerprint density at radius 3 is 3.00 bits per heavy atom. The molecule has 2 heterocycles. The average molecular weight is 273 g/mol. The largest absolute Gasteiger partial charge is 0.379 e. The van der Waals surface area contributed by atoms with E-state index in [1.54, 1.807) is 0 Å². The second-order valence-electron chi connectivity index (χ2n) is 5.55. The molecule has 1 unspecified atom stereocenters. The highest BCUT2D eigenvalue weighted by atomic mass is 16.5. The van der Waals surface area contributed by atoms with Crippen molar-refractivity contribution in [2.45, 2.75) is 19.5 Å². The summed E-state index contributed by atoms with van der Waals surface area (Å²) < 4.78 is 5.38. The van der Waals surface area contributed by atoms with Crippen molar-refractivity contribution in [2.24, 2.45) is 0 Å². The first-order valence-corrected chi connectivity index (χ1v) is 7.41. The van der Waals surface area contributed by atoms with Crippen LogP contribution in [0.5, 0.6) is 0 Å². The minimum Gasteiger partial charge on any atom is -0.379 e. The lowest BCUT2D eigenvalue weighted by Gasteiger charge is -2.29. The zero-order valence-corrected chi connectivity index (χ0v) is 12.1. The first-order chi connectivity index (χ1) is 9.83. The number of hydrogen-bond acceptors (Lipinski definition) is 3. The number of rotatable bonds is 5. The number of nitrogens with one attached hydrogen (secondary N) is 2. The Morgan fingerprint density at radius 2 is 2.15 bits per heavy atom. The number of nitrogens with zero attached hydrogens (tertiary/aromatic N) is 1. The quantitative estimate of drug-likeness (QED) is 0.875. The van der Waals surface area contributed by atoms with E-state index < -0.39 is 0 Å². The molecule has 20 heavy (non-hydrogen) atoms. The fraction of sp³-hybridized carbons (Fsp3) is 0.500. The van der Waals surface area contributed by atoms with Gasteiger partial charge in [-0.3, -0.25) is 4.90 Å². The van der Waals surface area contributed by atoms with Gasteiger partial charge in [-0.05, 0) is 24.6 Å². The van der Waals surface area contributed by atoms with E-state index in [-0.39, 0.29) is 0 Å². The second-order valence-corrected chi connectivity index (χ2v) is 5.55. The second kappa shape index (κ2) is 6.39. The van der Waals surface area contributed by atoms with Gasteiger partial charge in [0, 0.05) is 49.3 Å². The van der Waals surface area contributed by atoms with Crippen LogP contribution in [0.2, 0.25) is 0 Å². The molecule has 0 aliphatic carbocycles. The van der Waals surface area contributed by atoms with Gasteiger partial charge in [0.05, 0.1) is 13.2 Å². The molecule has 2 N–H and O–H groups in total. The van der Waals surface area contributed by atoms with E-state index in [4.69, 9.17) is 4.74 Å². The van der Waals surface area contributed by atoms with Crippen LogP contribution in [0, 0.1) is 0 Å². The average Bonchev–Trinajstić information content (AvgIpc) is 2.95. The normalized spacial score (nSPS) is 18.4. The molecule has 4 heteroatoms. The molecular weight excluding hydrogens is 250 g/mol. The lowest BCUT2D eigenvalue weighted by molar-refractivity contribution is 0.0343. The molecule has 1 aliphatic heterocycles. The first kappa shape index (κ1) is 13.6. The van der Waals surface area contributed by atoms with Crippen LogP contribution in [0.25, 0.3) is 10.9 Å². The maximum Gasteiger partial charge on any atom is 0.0594 e. The van der Waals surface area contributed by atoms with Gasteiger partial charge in [0.1, 0.15) is 0 Å². The summed E-state index contributed by atoms with van der Waals surface area (Å²) in [7, 11) is 0. The predicted octanol–water partition coefficient (Wildman–Crippen LogP) is 1.98. The molecule has 1 fully saturated rings. The van der Waals surface area contributed by atoms with Gasteiger partial charge in [0.15, 0.2) is 0 Å². The number of aromatic nitrogens is 1. The predicted molar refractivity (Wildman–Crippen MR) is 81.9 cm³/mol. The van der Waals surface area contributed by atoms with Crippen molar-refractivity contribution in [1.29, 1.82) is 0 Å². The summed E-state index contributed by atoms with van der Waals surface area (Å²) in [6.07, 6.45) is 2.01. The molecule has 1 aromatic heterocycles. The summed E-state index contributed by atoms with van der Waals surface area (Å²) in [6, 6.07) is 9.07. The Labute approximate surface area is 120 Å². The highest BCUT2D eigenvalue weighted by Gasteiger charge is 2.13. The molecule has 108 valence electrons. The molecular formula is C16H23N3O. The first-order valence-electron chi connectivity index (χ1n) is 7.41. The number of ether oxygens (including phenoxy) is 1. The Hall–Kier alpha value is -1.36. The standard InChI is InChI=1S/C16H23N3O/c1-13(12-19-7-9-20-10-8-19)18-11-14-3-2-4-16-15(14)5-6-17-16/h2-6,13,17-18H,7-12H2,1H3. The molecule has 0 spiro atoms. The van der Waals surface area contributed by atoms with E-state index in [2.05, 4.69) is 46.4 Å². The lowest BCUT2D eigenvalue weighted by Crippen LogP contribution is -2.44. The van der Waals surface area contributed by atoms with Crippen LogP contribution in [0.3, 0.4) is 0 Å². The number of hydrogen-bond donors (Lipinski definition) is 2. The van der Waals surface area contributed by atoms with Crippen molar-refractivity contribution < 1.29 is 4.74 Å². The van der Waals surface area contributed by atoms with Crippen LogP contribution in [0.4, 0.5) is 0 Å². The molecule has 0 saturated carbocycles. The van der Waals surface area contributed by atoms with Crippen molar-refractivity contribution in [3.05, 3.63) is 36.0 Å². The van der Waals surface area contributed by atoms with Gasteiger partial charge in [-0.1, -0.05) is 12.1 Å². The lowest BCUT2D eigenvalue weighted by atomic mass is 10.1. The molecule has 3 rings (SSSR count). The Morgan fingerprint density at radius 1 is 1.30 bits per heavy atom. The van der Waals surface area contributed by atoms with E-state index in [0.29, 0.717) is 6.04 Å². The maximum absolute atomic E-state index is 5.38. The molecule has 0 radical (unpaired) electrons. The van der Waals surface area contributed by atoms with Gasteiger partial charge >= 0.3 is 0 Å². The van der Waals surface area contributed by atoms with Crippen LogP contribution in [0.15, 0.2) is 30.5 Å². The monoisotopic (exact) mass is 273 g/mol. The summed E-state index contributed by atoms with van der Waals surface area (Å²) in [6.45, 7) is 8.11. The van der Waals surface area contributed by atoms with Gasteiger partial charge < -0.3 is 15.0 Å². The minimum atomic E-state index is 0.488. The van der Waals surface area contributed by atoms with Gasteiger partial charge in [-0.15, -0.1) is 0 Å². The van der Waals surface area contributed by atoms with Crippen molar-refractivity contribution in [3.63, 3.8) is 0 Å². The highest BCUT2D eigenvalue weighted by Crippen LogP contribution is 2.17. The van der Waals surface area contributed by atoms with Gasteiger partial charge in [0.2, 0.25) is 0 Å². The number of H-pyrrole nitrogens is 1. The van der Waals surface area contributed by atoms with Crippen LogP contribution >= 0.6 is 0 Å². The molecule has 1 aliphatic rings. The fourth-order valence-corrected chi connectivity index (χ4v) is 2.82. The number of aromatic amines is 1. The van der Waals surface area contributed by atoms with Crippen LogP contribution in [0.1, 0.15) is 12.5 Å². The maximum atomic E-state index is 5.38. The smallest absolute Gasteiger partial charge is 0.0594 e. The molecule has 1 saturated heterocycles. The van der Waals surface area contributed by atoms with Crippen molar-refractivity contribution in [3.8, 4) is 0 Å². The van der Waals surface area contributed by atoms with E-state index >= 15 is 0 Å². The topological polar surface area (TPSA) is 40.3 Å². The van der Waals surface area contributed by atoms with E-state index in [1.165, 1.54) is 16.5 Å². The summed E-state index contributed by atoms with van der Waals surface area (Å²) in [5.74, 6) is 0. The SMILES string of the molecule is CC(CN1CCOCC1)NCc1cccc2[nH]ccc12. The molecule has 1 aromatic carbocycles. The third kappa shape index (κ3) is 3.20. The molecule has 2 aromatic rings. The van der Waals surface area contributed by atoms with E-state index in [1.807, 2.05) is 6.20 Å².